The van der Waals surface area contributed by atoms with Crippen LogP contribution < -0.4 is 0 Å². The molecule has 0 bridgehead atoms. The first-order chi connectivity index (χ1) is 3.26. The molecule has 1 heteroatoms. The third-order valence-electron chi connectivity index (χ3n) is 2.58. The van der Waals surface area contributed by atoms with E-state index in [2.05, 4.69) is 19.6 Å². The van der Waals surface area contributed by atoms with E-state index in [0.29, 0.717) is 0 Å². The maximum Gasteiger partial charge on any atom is 0.00821 e. The molecular formula is C6H10S. The standard InChI is InChI=1S/C6H10S/c1-4-2-6(4)3-5(6)7/h4-5,7H,2-3H2,1H3. The molecule has 0 radical (unpaired) electrons. The van der Waals surface area contributed by atoms with Crippen LogP contribution in [0.15, 0.2) is 0 Å². The van der Waals surface area contributed by atoms with Gasteiger partial charge in [-0.15, -0.1) is 0 Å². The first kappa shape index (κ1) is 4.25. The van der Waals surface area contributed by atoms with Crippen LogP contribution in [0.5, 0.6) is 0 Å². The van der Waals surface area contributed by atoms with Gasteiger partial charge in [0.25, 0.3) is 0 Å². The van der Waals surface area contributed by atoms with Gasteiger partial charge in [0.1, 0.15) is 0 Å². The second-order valence-corrected chi connectivity index (χ2v) is 3.68. The molecular weight excluding hydrogens is 104 g/mol. The molecule has 0 N–H and O–H groups in total. The Balaban J connectivity index is 2.11. The van der Waals surface area contributed by atoms with Crippen molar-refractivity contribution in [2.45, 2.75) is 25.0 Å². The van der Waals surface area contributed by atoms with E-state index in [1.807, 2.05) is 0 Å². The van der Waals surface area contributed by atoms with Gasteiger partial charge in [0.05, 0.1) is 0 Å². The fraction of sp³-hybridized carbons (Fsp3) is 1.00. The van der Waals surface area contributed by atoms with Crippen LogP contribution in [0.4, 0.5) is 0 Å². The van der Waals surface area contributed by atoms with Crippen LogP contribution in [-0.4, -0.2) is 5.25 Å². The van der Waals surface area contributed by atoms with Gasteiger partial charge < -0.3 is 0 Å². The molecule has 2 aliphatic carbocycles. The lowest BCUT2D eigenvalue weighted by Crippen LogP contribution is -1.75. The Hall–Kier alpha value is 0.350. The highest BCUT2D eigenvalue weighted by molar-refractivity contribution is 7.81. The molecule has 0 heterocycles. The third-order valence-corrected chi connectivity index (χ3v) is 3.28. The van der Waals surface area contributed by atoms with E-state index in [1.165, 1.54) is 12.8 Å². The Morgan fingerprint density at radius 2 is 2.00 bits per heavy atom. The summed E-state index contributed by atoms with van der Waals surface area (Å²) in [4.78, 5) is 0. The molecule has 0 aromatic carbocycles. The van der Waals surface area contributed by atoms with Crippen LogP contribution in [0, 0.1) is 11.3 Å². The van der Waals surface area contributed by atoms with Gasteiger partial charge >= 0.3 is 0 Å². The summed E-state index contributed by atoms with van der Waals surface area (Å²) in [5, 5.41) is 0.780. The third kappa shape index (κ3) is 0.357. The van der Waals surface area contributed by atoms with Crippen molar-refractivity contribution >= 4 is 12.6 Å². The minimum Gasteiger partial charge on any atom is -0.175 e. The average Bonchev–Trinajstić information content (AvgIpc) is 2.28. The van der Waals surface area contributed by atoms with Gasteiger partial charge in [0.15, 0.2) is 0 Å². The fourth-order valence-corrected chi connectivity index (χ4v) is 2.26. The Morgan fingerprint density at radius 1 is 1.57 bits per heavy atom. The van der Waals surface area contributed by atoms with Gasteiger partial charge in [-0.1, -0.05) is 6.92 Å². The molecule has 0 nitrogen and oxygen atoms in total. The highest BCUT2D eigenvalue weighted by atomic mass is 32.1. The number of hydrogen-bond acceptors (Lipinski definition) is 1. The number of thiol groups is 1. The minimum absolute atomic E-state index is 0.780. The zero-order valence-corrected chi connectivity index (χ0v) is 5.41. The molecule has 0 amide bonds. The van der Waals surface area contributed by atoms with E-state index in [9.17, 15) is 0 Å². The zero-order valence-electron chi connectivity index (χ0n) is 4.52. The lowest BCUT2D eigenvalue weighted by atomic mass is 10.3. The van der Waals surface area contributed by atoms with Gasteiger partial charge in [0, 0.05) is 5.25 Å². The molecule has 0 saturated heterocycles. The van der Waals surface area contributed by atoms with E-state index in [4.69, 9.17) is 0 Å². The highest BCUT2D eigenvalue weighted by Gasteiger charge is 2.66. The van der Waals surface area contributed by atoms with E-state index in [1.54, 1.807) is 0 Å². The molecule has 3 unspecified atom stereocenters. The van der Waals surface area contributed by atoms with E-state index in [0.717, 1.165) is 16.6 Å². The summed E-state index contributed by atoms with van der Waals surface area (Å²) >= 11 is 4.38. The molecule has 2 aliphatic rings. The summed E-state index contributed by atoms with van der Waals surface area (Å²) in [6, 6.07) is 0. The van der Waals surface area contributed by atoms with Gasteiger partial charge in [-0.05, 0) is 24.2 Å². The van der Waals surface area contributed by atoms with Crippen molar-refractivity contribution in [1.82, 2.24) is 0 Å². The summed E-state index contributed by atoms with van der Waals surface area (Å²) in [6.45, 7) is 2.33. The molecule has 1 spiro atoms. The zero-order chi connectivity index (χ0) is 5.07. The van der Waals surface area contributed by atoms with E-state index >= 15 is 0 Å². The monoisotopic (exact) mass is 114 g/mol. The maximum absolute atomic E-state index is 4.38. The summed E-state index contributed by atoms with van der Waals surface area (Å²) in [5.74, 6) is 1.01. The van der Waals surface area contributed by atoms with Crippen molar-refractivity contribution in [3.63, 3.8) is 0 Å². The van der Waals surface area contributed by atoms with Gasteiger partial charge in [0.2, 0.25) is 0 Å². The normalized spacial score (nSPS) is 66.0. The summed E-state index contributed by atoms with van der Waals surface area (Å²) in [7, 11) is 0. The smallest absolute Gasteiger partial charge is 0.00821 e. The molecule has 2 rings (SSSR count). The van der Waals surface area contributed by atoms with Crippen LogP contribution in [0.3, 0.4) is 0 Å². The predicted molar refractivity (Wildman–Crippen MR) is 33.6 cm³/mol. The predicted octanol–water partition coefficient (Wildman–Crippen LogP) is 1.71. The maximum atomic E-state index is 4.38. The molecule has 0 aromatic rings. The average molecular weight is 114 g/mol. The molecule has 0 aliphatic heterocycles. The van der Waals surface area contributed by atoms with E-state index in [-0.39, 0.29) is 0 Å². The van der Waals surface area contributed by atoms with Crippen LogP contribution in [0.1, 0.15) is 19.8 Å². The Labute approximate surface area is 49.7 Å². The van der Waals surface area contributed by atoms with Crippen LogP contribution >= 0.6 is 12.6 Å². The van der Waals surface area contributed by atoms with Crippen molar-refractivity contribution in [1.29, 1.82) is 0 Å². The fourth-order valence-electron chi connectivity index (χ4n) is 1.56. The summed E-state index contributed by atoms with van der Waals surface area (Å²) in [5.41, 5.74) is 0.781. The van der Waals surface area contributed by atoms with Gasteiger partial charge in [-0.2, -0.15) is 12.6 Å². The van der Waals surface area contributed by atoms with Crippen LogP contribution in [0.25, 0.3) is 0 Å². The molecule has 2 saturated carbocycles. The molecule has 2 fully saturated rings. The summed E-state index contributed by atoms with van der Waals surface area (Å²) in [6.07, 6.45) is 2.86. The Kier molecular flexibility index (Phi) is 0.536. The Bertz CT molecular complexity index is 94.7. The first-order valence-corrected chi connectivity index (χ1v) is 3.45. The Morgan fingerprint density at radius 3 is 2.00 bits per heavy atom. The second kappa shape index (κ2) is 0.883. The topological polar surface area (TPSA) is 0 Å². The number of rotatable bonds is 0. The van der Waals surface area contributed by atoms with Crippen molar-refractivity contribution in [2.24, 2.45) is 11.3 Å². The van der Waals surface area contributed by atoms with Crippen molar-refractivity contribution in [3.05, 3.63) is 0 Å². The molecule has 40 valence electrons. The lowest BCUT2D eigenvalue weighted by Gasteiger charge is -1.78. The largest absolute Gasteiger partial charge is 0.175 e. The second-order valence-electron chi connectivity index (χ2n) is 3.06. The summed E-state index contributed by atoms with van der Waals surface area (Å²) < 4.78 is 0. The van der Waals surface area contributed by atoms with Gasteiger partial charge in [-0.3, -0.25) is 0 Å². The molecule has 3 atom stereocenters. The molecule has 0 aromatic heterocycles. The van der Waals surface area contributed by atoms with Crippen molar-refractivity contribution in [2.75, 3.05) is 0 Å². The van der Waals surface area contributed by atoms with Crippen LogP contribution in [-0.2, 0) is 0 Å². The van der Waals surface area contributed by atoms with Crippen molar-refractivity contribution < 1.29 is 0 Å². The molecule has 7 heavy (non-hydrogen) atoms. The highest BCUT2D eigenvalue weighted by Crippen LogP contribution is 2.72. The lowest BCUT2D eigenvalue weighted by molar-refractivity contribution is 0.777. The quantitative estimate of drug-likeness (QED) is 0.455. The SMILES string of the molecule is CC1CC12CC2S. The number of hydrogen-bond donors (Lipinski definition) is 1. The van der Waals surface area contributed by atoms with Crippen LogP contribution in [0.2, 0.25) is 0 Å². The first-order valence-electron chi connectivity index (χ1n) is 2.94. The van der Waals surface area contributed by atoms with Crippen molar-refractivity contribution in [3.8, 4) is 0 Å². The minimum atomic E-state index is 0.780. The van der Waals surface area contributed by atoms with Gasteiger partial charge in [-0.25, -0.2) is 0 Å². The van der Waals surface area contributed by atoms with E-state index < -0.39 is 0 Å².